The summed E-state index contributed by atoms with van der Waals surface area (Å²) in [5.41, 5.74) is 0.638. The van der Waals surface area contributed by atoms with Gasteiger partial charge in [-0.15, -0.1) is 0 Å². The third kappa shape index (κ3) is 5.35. The first-order valence-corrected chi connectivity index (χ1v) is 7.16. The van der Waals surface area contributed by atoms with Crippen molar-refractivity contribution < 1.29 is 0 Å². The number of nitriles is 1. The van der Waals surface area contributed by atoms with Crippen molar-refractivity contribution in [1.29, 1.82) is 5.26 Å². The van der Waals surface area contributed by atoms with Crippen molar-refractivity contribution in [3.05, 3.63) is 21.4 Å². The topological polar surface area (TPSA) is 48.7 Å². The monoisotopic (exact) mass is 343 g/mol. The van der Waals surface area contributed by atoms with Crippen LogP contribution in [0.5, 0.6) is 0 Å². The second-order valence-corrected chi connectivity index (χ2v) is 5.01. The molecular formula is C13H18IN3. The molecule has 4 heteroatoms. The van der Waals surface area contributed by atoms with Crippen LogP contribution in [0.25, 0.3) is 0 Å². The Balaban J connectivity index is 2.28. The van der Waals surface area contributed by atoms with E-state index in [1.807, 2.05) is 12.1 Å². The van der Waals surface area contributed by atoms with E-state index >= 15 is 0 Å². The summed E-state index contributed by atoms with van der Waals surface area (Å²) in [7, 11) is 0. The van der Waals surface area contributed by atoms with Crippen molar-refractivity contribution in [2.24, 2.45) is 0 Å². The summed E-state index contributed by atoms with van der Waals surface area (Å²) in [6.45, 7) is 3.18. The van der Waals surface area contributed by atoms with Gasteiger partial charge in [0.2, 0.25) is 0 Å². The summed E-state index contributed by atoms with van der Waals surface area (Å²) in [5.74, 6) is 0.865. The molecule has 0 spiro atoms. The lowest BCUT2D eigenvalue weighted by Crippen LogP contribution is -2.04. The van der Waals surface area contributed by atoms with Gasteiger partial charge in [-0.1, -0.05) is 32.6 Å². The van der Waals surface area contributed by atoms with E-state index < -0.39 is 0 Å². The molecule has 1 rings (SSSR count). The average molecular weight is 343 g/mol. The molecule has 0 saturated heterocycles. The molecule has 0 fully saturated rings. The van der Waals surface area contributed by atoms with Crippen LogP contribution in [0.2, 0.25) is 0 Å². The Hall–Kier alpha value is -0.830. The highest BCUT2D eigenvalue weighted by molar-refractivity contribution is 14.1. The fourth-order valence-corrected chi connectivity index (χ4v) is 2.12. The predicted octanol–water partition coefficient (Wildman–Crippen LogP) is 3.94. The van der Waals surface area contributed by atoms with Gasteiger partial charge in [0.25, 0.3) is 0 Å². The van der Waals surface area contributed by atoms with Crippen molar-refractivity contribution in [3.63, 3.8) is 0 Å². The Bertz CT molecular complexity index is 385. The van der Waals surface area contributed by atoms with Crippen LogP contribution in [0.1, 0.15) is 44.6 Å². The average Bonchev–Trinajstić information content (AvgIpc) is 2.34. The van der Waals surface area contributed by atoms with E-state index in [0.717, 1.165) is 16.1 Å². The molecule has 0 saturated carbocycles. The summed E-state index contributed by atoms with van der Waals surface area (Å²) in [6, 6.07) is 5.80. The normalized spacial score (nSPS) is 9.94. The molecule has 0 atom stereocenters. The molecule has 0 aliphatic heterocycles. The zero-order valence-corrected chi connectivity index (χ0v) is 12.3. The summed E-state index contributed by atoms with van der Waals surface area (Å²) in [4.78, 5) is 4.33. The quantitative estimate of drug-likeness (QED) is 0.463. The number of hydrogen-bond acceptors (Lipinski definition) is 3. The predicted molar refractivity (Wildman–Crippen MR) is 78.9 cm³/mol. The molecule has 92 valence electrons. The molecule has 1 heterocycles. The van der Waals surface area contributed by atoms with Crippen LogP contribution in [0, 0.1) is 15.0 Å². The fraction of sp³-hybridized carbons (Fsp3) is 0.538. The van der Waals surface area contributed by atoms with Crippen LogP contribution in [0.15, 0.2) is 12.1 Å². The Labute approximate surface area is 117 Å². The molecule has 1 aromatic heterocycles. The van der Waals surface area contributed by atoms with Gasteiger partial charge in [-0.2, -0.15) is 5.26 Å². The van der Waals surface area contributed by atoms with Gasteiger partial charge in [-0.05, 0) is 41.1 Å². The largest absolute Gasteiger partial charge is 0.370 e. The summed E-state index contributed by atoms with van der Waals surface area (Å²) in [6.07, 6.45) is 6.37. The van der Waals surface area contributed by atoms with Gasteiger partial charge >= 0.3 is 0 Å². The Morgan fingerprint density at radius 1 is 1.29 bits per heavy atom. The van der Waals surface area contributed by atoms with Gasteiger partial charge in [-0.3, -0.25) is 0 Å². The van der Waals surface area contributed by atoms with E-state index in [0.29, 0.717) is 5.56 Å². The smallest absolute Gasteiger partial charge is 0.127 e. The lowest BCUT2D eigenvalue weighted by Gasteiger charge is -2.06. The standard InChI is InChI=1S/C13H18IN3/c1-2-3-4-5-6-9-16-12-8-7-11(10-15)13(14)17-12/h7-8H,2-6,9H2,1H3,(H,16,17). The minimum Gasteiger partial charge on any atom is -0.370 e. The second-order valence-electron chi connectivity index (χ2n) is 3.99. The molecule has 0 bridgehead atoms. The number of halogens is 1. The second kappa shape index (κ2) is 8.29. The Morgan fingerprint density at radius 2 is 2.06 bits per heavy atom. The van der Waals surface area contributed by atoms with Crippen molar-refractivity contribution in [1.82, 2.24) is 4.98 Å². The van der Waals surface area contributed by atoms with Crippen LogP contribution in [0.4, 0.5) is 5.82 Å². The van der Waals surface area contributed by atoms with E-state index in [1.54, 1.807) is 0 Å². The first-order valence-electron chi connectivity index (χ1n) is 6.08. The molecule has 17 heavy (non-hydrogen) atoms. The lowest BCUT2D eigenvalue weighted by molar-refractivity contribution is 0.644. The summed E-state index contributed by atoms with van der Waals surface area (Å²) < 4.78 is 0.765. The third-order valence-corrected chi connectivity index (χ3v) is 3.38. The Kier molecular flexibility index (Phi) is 6.94. The van der Waals surface area contributed by atoms with E-state index in [9.17, 15) is 0 Å². The molecular weight excluding hydrogens is 325 g/mol. The van der Waals surface area contributed by atoms with Crippen molar-refractivity contribution in [2.75, 3.05) is 11.9 Å². The highest BCUT2D eigenvalue weighted by atomic mass is 127. The zero-order chi connectivity index (χ0) is 12.5. The summed E-state index contributed by atoms with van der Waals surface area (Å²) in [5, 5.41) is 12.1. The van der Waals surface area contributed by atoms with E-state index in [2.05, 4.69) is 45.9 Å². The zero-order valence-electron chi connectivity index (χ0n) is 10.2. The number of aromatic nitrogens is 1. The number of hydrogen-bond donors (Lipinski definition) is 1. The first-order chi connectivity index (χ1) is 8.27. The minimum absolute atomic E-state index is 0.638. The van der Waals surface area contributed by atoms with E-state index in [1.165, 1.54) is 32.1 Å². The van der Waals surface area contributed by atoms with Gasteiger partial charge in [0.05, 0.1) is 5.56 Å². The van der Waals surface area contributed by atoms with E-state index in [-0.39, 0.29) is 0 Å². The Morgan fingerprint density at radius 3 is 2.71 bits per heavy atom. The highest BCUT2D eigenvalue weighted by Gasteiger charge is 2.01. The van der Waals surface area contributed by atoms with Gasteiger partial charge in [0.15, 0.2) is 0 Å². The molecule has 0 aliphatic rings. The lowest BCUT2D eigenvalue weighted by atomic mass is 10.1. The molecule has 0 aliphatic carbocycles. The maximum absolute atomic E-state index is 8.79. The maximum atomic E-state index is 8.79. The van der Waals surface area contributed by atoms with Gasteiger partial charge < -0.3 is 5.32 Å². The van der Waals surface area contributed by atoms with Crippen LogP contribution in [0.3, 0.4) is 0 Å². The van der Waals surface area contributed by atoms with Gasteiger partial charge in [-0.25, -0.2) is 4.98 Å². The molecule has 0 radical (unpaired) electrons. The molecule has 3 nitrogen and oxygen atoms in total. The van der Waals surface area contributed by atoms with Crippen LogP contribution < -0.4 is 5.32 Å². The number of nitrogens with zero attached hydrogens (tertiary/aromatic N) is 2. The van der Waals surface area contributed by atoms with Gasteiger partial charge in [0, 0.05) is 6.54 Å². The SMILES string of the molecule is CCCCCCCNc1ccc(C#N)c(I)n1. The number of nitrogens with one attached hydrogen (secondary N) is 1. The minimum atomic E-state index is 0.638. The number of rotatable bonds is 7. The number of unbranched alkanes of at least 4 members (excludes halogenated alkanes) is 4. The van der Waals surface area contributed by atoms with Gasteiger partial charge in [0.1, 0.15) is 15.6 Å². The third-order valence-electron chi connectivity index (χ3n) is 2.56. The number of anilines is 1. The van der Waals surface area contributed by atoms with Crippen LogP contribution >= 0.6 is 22.6 Å². The molecule has 1 aromatic rings. The van der Waals surface area contributed by atoms with Crippen LogP contribution in [-0.4, -0.2) is 11.5 Å². The first kappa shape index (κ1) is 14.2. The van der Waals surface area contributed by atoms with Crippen molar-refractivity contribution in [3.8, 4) is 6.07 Å². The fourth-order valence-electron chi connectivity index (χ4n) is 1.56. The number of pyridine rings is 1. The van der Waals surface area contributed by atoms with Crippen molar-refractivity contribution in [2.45, 2.75) is 39.0 Å². The van der Waals surface area contributed by atoms with E-state index in [4.69, 9.17) is 5.26 Å². The van der Waals surface area contributed by atoms with Crippen molar-refractivity contribution >= 4 is 28.4 Å². The molecule has 0 unspecified atom stereocenters. The van der Waals surface area contributed by atoms with Crippen LogP contribution in [-0.2, 0) is 0 Å². The molecule has 0 amide bonds. The maximum Gasteiger partial charge on any atom is 0.127 e. The summed E-state index contributed by atoms with van der Waals surface area (Å²) >= 11 is 2.09. The highest BCUT2D eigenvalue weighted by Crippen LogP contribution is 2.12. The molecule has 0 aromatic carbocycles. The molecule has 1 N–H and O–H groups in total.